The third-order valence-electron chi connectivity index (χ3n) is 4.24. The quantitative estimate of drug-likeness (QED) is 0.692. The highest BCUT2D eigenvalue weighted by Crippen LogP contribution is 2.39. The van der Waals surface area contributed by atoms with Crippen LogP contribution in [0.1, 0.15) is 35.6 Å². The number of nitrogens with zero attached hydrogens (tertiary/aromatic N) is 1. The molecular weight excluding hydrogens is 232 g/mol. The zero-order chi connectivity index (χ0) is 12.7. The van der Waals surface area contributed by atoms with E-state index in [1.54, 1.807) is 6.33 Å². The fourth-order valence-corrected chi connectivity index (χ4v) is 3.38. The van der Waals surface area contributed by atoms with E-state index in [2.05, 4.69) is 46.4 Å². The minimum Gasteiger partial charge on any atom is -0.348 e. The molecule has 19 heavy (non-hydrogen) atoms. The molecule has 1 N–H and O–H groups in total. The summed E-state index contributed by atoms with van der Waals surface area (Å²) in [5.41, 5.74) is 4.26. The first kappa shape index (κ1) is 10.8. The summed E-state index contributed by atoms with van der Waals surface area (Å²) >= 11 is 0. The number of hydrogen-bond acceptors (Lipinski definition) is 1. The summed E-state index contributed by atoms with van der Waals surface area (Å²) < 4.78 is 0. The number of fused-ring (bicyclic) bond motifs is 3. The van der Waals surface area contributed by atoms with Crippen LogP contribution >= 0.6 is 0 Å². The summed E-state index contributed by atoms with van der Waals surface area (Å²) in [6.45, 7) is 0. The molecule has 1 aromatic heterocycles. The molecule has 1 unspecified atom stereocenters. The van der Waals surface area contributed by atoms with Gasteiger partial charge in [-0.3, -0.25) is 0 Å². The first-order valence-electron chi connectivity index (χ1n) is 6.92. The van der Waals surface area contributed by atoms with E-state index in [1.165, 1.54) is 46.9 Å². The largest absolute Gasteiger partial charge is 0.348 e. The molecule has 94 valence electrons. The van der Waals surface area contributed by atoms with Crippen LogP contribution in [-0.4, -0.2) is 9.97 Å². The van der Waals surface area contributed by atoms with Gasteiger partial charge in [0.2, 0.25) is 0 Å². The average Bonchev–Trinajstić information content (AvgIpc) is 3.00. The van der Waals surface area contributed by atoms with Crippen LogP contribution in [-0.2, 0) is 6.42 Å². The van der Waals surface area contributed by atoms with Crippen LogP contribution in [0.25, 0.3) is 10.8 Å². The van der Waals surface area contributed by atoms with Crippen molar-refractivity contribution in [2.24, 2.45) is 0 Å². The Morgan fingerprint density at radius 2 is 2.05 bits per heavy atom. The lowest BCUT2D eigenvalue weighted by Crippen LogP contribution is -2.12. The molecule has 0 saturated carbocycles. The van der Waals surface area contributed by atoms with E-state index < -0.39 is 0 Å². The number of benzene rings is 2. The molecule has 0 spiro atoms. The summed E-state index contributed by atoms with van der Waals surface area (Å²) in [5.74, 6) is 0.470. The van der Waals surface area contributed by atoms with Gasteiger partial charge in [0.1, 0.15) is 0 Å². The summed E-state index contributed by atoms with van der Waals surface area (Å²) in [6, 6.07) is 13.3. The SMILES string of the molecule is c1ccc2c3c(ccc2c1)CCCC3c1cnc[nH]1. The molecule has 0 amide bonds. The summed E-state index contributed by atoms with van der Waals surface area (Å²) in [6.07, 6.45) is 7.43. The zero-order valence-corrected chi connectivity index (χ0v) is 10.8. The van der Waals surface area contributed by atoms with Crippen molar-refractivity contribution < 1.29 is 0 Å². The Morgan fingerprint density at radius 1 is 1.11 bits per heavy atom. The van der Waals surface area contributed by atoms with Gasteiger partial charge in [-0.25, -0.2) is 4.98 Å². The summed E-state index contributed by atoms with van der Waals surface area (Å²) in [5, 5.41) is 2.74. The molecular formula is C17H16N2. The van der Waals surface area contributed by atoms with Crippen molar-refractivity contribution in [3.05, 3.63) is 65.7 Å². The topological polar surface area (TPSA) is 28.7 Å². The summed E-state index contributed by atoms with van der Waals surface area (Å²) in [7, 11) is 0. The minimum absolute atomic E-state index is 0.470. The Kier molecular flexibility index (Phi) is 2.41. The van der Waals surface area contributed by atoms with Gasteiger partial charge in [-0.2, -0.15) is 0 Å². The van der Waals surface area contributed by atoms with Gasteiger partial charge in [0.05, 0.1) is 6.33 Å². The Labute approximate surface area is 112 Å². The number of aryl methyl sites for hydroxylation is 1. The molecule has 0 bridgehead atoms. The molecule has 1 heterocycles. The standard InChI is InChI=1S/C17H16N2/c1-2-6-14-12(4-1)8-9-13-5-3-7-15(17(13)14)16-10-18-11-19-16/h1-2,4,6,8-11,15H,3,5,7H2,(H,18,19). The molecule has 0 fully saturated rings. The van der Waals surface area contributed by atoms with Gasteiger partial charge in [-0.15, -0.1) is 0 Å². The molecule has 3 aromatic rings. The van der Waals surface area contributed by atoms with Crippen molar-refractivity contribution in [2.45, 2.75) is 25.2 Å². The normalized spacial score (nSPS) is 18.4. The molecule has 2 nitrogen and oxygen atoms in total. The van der Waals surface area contributed by atoms with Crippen LogP contribution in [0, 0.1) is 0 Å². The maximum atomic E-state index is 4.19. The van der Waals surface area contributed by atoms with Crippen molar-refractivity contribution in [3.8, 4) is 0 Å². The molecule has 4 rings (SSSR count). The molecule has 1 aliphatic carbocycles. The second kappa shape index (κ2) is 4.23. The first-order valence-corrected chi connectivity index (χ1v) is 6.92. The number of hydrogen-bond donors (Lipinski definition) is 1. The van der Waals surface area contributed by atoms with E-state index in [9.17, 15) is 0 Å². The second-order valence-electron chi connectivity index (χ2n) is 5.31. The van der Waals surface area contributed by atoms with E-state index in [1.807, 2.05) is 6.20 Å². The van der Waals surface area contributed by atoms with Gasteiger partial charge >= 0.3 is 0 Å². The van der Waals surface area contributed by atoms with E-state index >= 15 is 0 Å². The Bertz CT molecular complexity index is 713. The average molecular weight is 248 g/mol. The maximum absolute atomic E-state index is 4.19. The molecule has 0 radical (unpaired) electrons. The Hall–Kier alpha value is -2.09. The highest BCUT2D eigenvalue weighted by Gasteiger charge is 2.24. The predicted octanol–water partition coefficient (Wildman–Crippen LogP) is 4.03. The van der Waals surface area contributed by atoms with Crippen LogP contribution < -0.4 is 0 Å². The van der Waals surface area contributed by atoms with Gasteiger partial charge in [-0.1, -0.05) is 36.4 Å². The number of nitrogens with one attached hydrogen (secondary N) is 1. The highest BCUT2D eigenvalue weighted by atomic mass is 14.9. The molecule has 1 aliphatic rings. The first-order chi connectivity index (χ1) is 9.43. The van der Waals surface area contributed by atoms with E-state index in [-0.39, 0.29) is 0 Å². The maximum Gasteiger partial charge on any atom is 0.0921 e. The fraction of sp³-hybridized carbons (Fsp3) is 0.235. The Morgan fingerprint density at radius 3 is 2.95 bits per heavy atom. The highest BCUT2D eigenvalue weighted by molar-refractivity contribution is 5.87. The predicted molar refractivity (Wildman–Crippen MR) is 77.3 cm³/mol. The number of imidazole rings is 1. The van der Waals surface area contributed by atoms with Gasteiger partial charge in [0.15, 0.2) is 0 Å². The van der Waals surface area contributed by atoms with Crippen LogP contribution in [0.4, 0.5) is 0 Å². The van der Waals surface area contributed by atoms with E-state index in [0.29, 0.717) is 5.92 Å². The molecule has 2 aromatic carbocycles. The van der Waals surface area contributed by atoms with Crippen molar-refractivity contribution >= 4 is 10.8 Å². The monoisotopic (exact) mass is 248 g/mol. The second-order valence-corrected chi connectivity index (χ2v) is 5.31. The number of rotatable bonds is 1. The number of aromatic amines is 1. The van der Waals surface area contributed by atoms with E-state index in [4.69, 9.17) is 0 Å². The molecule has 2 heteroatoms. The Balaban J connectivity index is 2.00. The van der Waals surface area contributed by atoms with Gasteiger partial charge in [0, 0.05) is 17.8 Å². The van der Waals surface area contributed by atoms with Gasteiger partial charge in [-0.05, 0) is 41.2 Å². The lowest BCUT2D eigenvalue weighted by Gasteiger charge is -2.26. The van der Waals surface area contributed by atoms with Crippen molar-refractivity contribution in [1.82, 2.24) is 9.97 Å². The smallest absolute Gasteiger partial charge is 0.0921 e. The molecule has 0 saturated heterocycles. The third-order valence-corrected chi connectivity index (χ3v) is 4.24. The van der Waals surface area contributed by atoms with Crippen molar-refractivity contribution in [2.75, 3.05) is 0 Å². The van der Waals surface area contributed by atoms with Gasteiger partial charge in [0.25, 0.3) is 0 Å². The zero-order valence-electron chi connectivity index (χ0n) is 10.8. The van der Waals surface area contributed by atoms with Gasteiger partial charge < -0.3 is 4.98 Å². The lowest BCUT2D eigenvalue weighted by molar-refractivity contribution is 0.611. The molecule has 1 atom stereocenters. The van der Waals surface area contributed by atoms with Crippen LogP contribution in [0.15, 0.2) is 48.9 Å². The van der Waals surface area contributed by atoms with Crippen LogP contribution in [0.2, 0.25) is 0 Å². The van der Waals surface area contributed by atoms with Crippen LogP contribution in [0.5, 0.6) is 0 Å². The lowest BCUT2D eigenvalue weighted by atomic mass is 9.78. The fourth-order valence-electron chi connectivity index (χ4n) is 3.38. The summed E-state index contributed by atoms with van der Waals surface area (Å²) in [4.78, 5) is 7.50. The third kappa shape index (κ3) is 1.67. The molecule has 0 aliphatic heterocycles. The van der Waals surface area contributed by atoms with Crippen molar-refractivity contribution in [1.29, 1.82) is 0 Å². The number of H-pyrrole nitrogens is 1. The van der Waals surface area contributed by atoms with Crippen molar-refractivity contribution in [3.63, 3.8) is 0 Å². The minimum atomic E-state index is 0.470. The van der Waals surface area contributed by atoms with E-state index in [0.717, 1.165) is 0 Å². The van der Waals surface area contributed by atoms with Crippen LogP contribution in [0.3, 0.4) is 0 Å². The number of aromatic nitrogens is 2.